The second kappa shape index (κ2) is 5.75. The Morgan fingerprint density at radius 2 is 2.00 bits per heavy atom. The number of ether oxygens (including phenoxy) is 1. The van der Waals surface area contributed by atoms with Crippen LogP contribution in [-0.2, 0) is 0 Å². The minimum atomic E-state index is -0.444. The first-order chi connectivity index (χ1) is 9.49. The normalized spacial score (nSPS) is 25.3. The van der Waals surface area contributed by atoms with Crippen molar-refractivity contribution in [2.45, 2.75) is 51.5 Å². The van der Waals surface area contributed by atoms with E-state index in [4.69, 9.17) is 4.74 Å². The van der Waals surface area contributed by atoms with Crippen molar-refractivity contribution in [1.29, 1.82) is 5.26 Å². The van der Waals surface area contributed by atoms with Crippen molar-refractivity contribution >= 4 is 5.69 Å². The predicted molar refractivity (Wildman–Crippen MR) is 81.8 cm³/mol. The highest BCUT2D eigenvalue weighted by Gasteiger charge is 2.35. The Kier molecular flexibility index (Phi) is 4.23. The fourth-order valence-corrected chi connectivity index (χ4v) is 2.91. The van der Waals surface area contributed by atoms with Crippen molar-refractivity contribution in [3.8, 4) is 11.8 Å². The molecular formula is C17H24N2O. The number of benzene rings is 1. The summed E-state index contributed by atoms with van der Waals surface area (Å²) in [5.74, 6) is 0.817. The molecule has 0 radical (unpaired) electrons. The van der Waals surface area contributed by atoms with Crippen LogP contribution in [0.4, 0.5) is 5.69 Å². The third-order valence-electron chi connectivity index (χ3n) is 4.35. The minimum absolute atomic E-state index is 0.342. The molecule has 108 valence electrons. The van der Waals surface area contributed by atoms with Gasteiger partial charge in [-0.15, -0.1) is 0 Å². The molecule has 1 aromatic rings. The Balaban J connectivity index is 2.17. The number of methoxy groups -OCH3 is 1. The molecule has 1 aromatic carbocycles. The highest BCUT2D eigenvalue weighted by molar-refractivity contribution is 5.51. The lowest BCUT2D eigenvalue weighted by Crippen LogP contribution is -2.36. The molecule has 3 heteroatoms. The van der Waals surface area contributed by atoms with Gasteiger partial charge in [0.1, 0.15) is 11.3 Å². The van der Waals surface area contributed by atoms with Gasteiger partial charge in [0, 0.05) is 11.8 Å². The molecule has 3 nitrogen and oxygen atoms in total. The van der Waals surface area contributed by atoms with Crippen molar-refractivity contribution in [1.82, 2.24) is 0 Å². The molecular weight excluding hydrogens is 248 g/mol. The molecule has 20 heavy (non-hydrogen) atoms. The van der Waals surface area contributed by atoms with Gasteiger partial charge in [-0.2, -0.15) is 5.26 Å². The van der Waals surface area contributed by atoms with Gasteiger partial charge >= 0.3 is 0 Å². The number of nitriles is 1. The highest BCUT2D eigenvalue weighted by Crippen LogP contribution is 2.39. The van der Waals surface area contributed by atoms with Crippen molar-refractivity contribution < 1.29 is 4.74 Å². The number of rotatable bonds is 3. The van der Waals surface area contributed by atoms with Gasteiger partial charge in [-0.3, -0.25) is 0 Å². The quantitative estimate of drug-likeness (QED) is 0.831. The Labute approximate surface area is 121 Å². The van der Waals surface area contributed by atoms with Gasteiger partial charge in [0.25, 0.3) is 0 Å². The Morgan fingerprint density at radius 1 is 1.20 bits per heavy atom. The standard InChI is InChI=1S/C17H24N2O/c1-16(2)8-5-9-17(13-18,11-10-16)19-14-6-4-7-15(12-14)20-3/h4,6-7,12,19H,5,8-11H2,1-3H3. The molecule has 1 aliphatic rings. The van der Waals surface area contributed by atoms with E-state index in [1.165, 1.54) is 6.42 Å². The van der Waals surface area contributed by atoms with Crippen LogP contribution >= 0.6 is 0 Å². The summed E-state index contributed by atoms with van der Waals surface area (Å²) in [5.41, 5.74) is 0.861. The van der Waals surface area contributed by atoms with Crippen LogP contribution in [0.25, 0.3) is 0 Å². The van der Waals surface area contributed by atoms with E-state index in [2.05, 4.69) is 25.2 Å². The first-order valence-corrected chi connectivity index (χ1v) is 7.32. The molecule has 0 amide bonds. The predicted octanol–water partition coefficient (Wildman–Crippen LogP) is 4.36. The summed E-state index contributed by atoms with van der Waals surface area (Å²) >= 11 is 0. The summed E-state index contributed by atoms with van der Waals surface area (Å²) in [5, 5.41) is 13.1. The third-order valence-corrected chi connectivity index (χ3v) is 4.35. The van der Waals surface area contributed by atoms with Crippen molar-refractivity contribution in [2.75, 3.05) is 12.4 Å². The molecule has 0 aromatic heterocycles. The zero-order chi connectivity index (χ0) is 14.6. The molecule has 1 saturated carbocycles. The van der Waals surface area contributed by atoms with E-state index in [1.807, 2.05) is 24.3 Å². The van der Waals surface area contributed by atoms with Gasteiger partial charge < -0.3 is 10.1 Å². The molecule has 1 atom stereocenters. The first-order valence-electron chi connectivity index (χ1n) is 7.32. The van der Waals surface area contributed by atoms with Gasteiger partial charge in [0.2, 0.25) is 0 Å². The summed E-state index contributed by atoms with van der Waals surface area (Å²) in [6.45, 7) is 4.60. The number of nitrogens with zero attached hydrogens (tertiary/aromatic N) is 1. The lowest BCUT2D eigenvalue weighted by atomic mass is 9.84. The maximum Gasteiger partial charge on any atom is 0.125 e. The zero-order valence-electron chi connectivity index (χ0n) is 12.7. The van der Waals surface area contributed by atoms with Crippen LogP contribution in [0.3, 0.4) is 0 Å². The van der Waals surface area contributed by atoms with Crippen LogP contribution in [0.1, 0.15) is 46.0 Å². The van der Waals surface area contributed by atoms with E-state index in [-0.39, 0.29) is 0 Å². The molecule has 0 saturated heterocycles. The SMILES string of the molecule is COc1cccc(NC2(C#N)CCCC(C)(C)CC2)c1. The number of anilines is 1. The molecule has 2 rings (SSSR count). The van der Waals surface area contributed by atoms with E-state index in [0.717, 1.165) is 37.1 Å². The fraction of sp³-hybridized carbons (Fsp3) is 0.588. The first kappa shape index (κ1) is 14.7. The minimum Gasteiger partial charge on any atom is -0.497 e. The van der Waals surface area contributed by atoms with Crippen LogP contribution in [0.2, 0.25) is 0 Å². The van der Waals surface area contributed by atoms with E-state index in [1.54, 1.807) is 7.11 Å². The van der Waals surface area contributed by atoms with Gasteiger partial charge in [0.15, 0.2) is 0 Å². The van der Waals surface area contributed by atoms with E-state index in [9.17, 15) is 5.26 Å². The van der Waals surface area contributed by atoms with Gasteiger partial charge in [-0.05, 0) is 49.7 Å². The van der Waals surface area contributed by atoms with Crippen LogP contribution in [0, 0.1) is 16.7 Å². The van der Waals surface area contributed by atoms with Gasteiger partial charge in [0.05, 0.1) is 13.2 Å². The summed E-state index contributed by atoms with van der Waals surface area (Å²) in [6.07, 6.45) is 5.17. The number of hydrogen-bond donors (Lipinski definition) is 1. The van der Waals surface area contributed by atoms with Crippen LogP contribution in [0.15, 0.2) is 24.3 Å². The van der Waals surface area contributed by atoms with E-state index >= 15 is 0 Å². The Bertz CT molecular complexity index is 504. The average Bonchev–Trinajstić information content (AvgIpc) is 2.59. The smallest absolute Gasteiger partial charge is 0.125 e. The summed E-state index contributed by atoms with van der Waals surface area (Å²) < 4.78 is 5.25. The Hall–Kier alpha value is -1.69. The number of nitrogens with one attached hydrogen (secondary N) is 1. The van der Waals surface area contributed by atoms with E-state index in [0.29, 0.717) is 5.41 Å². The lowest BCUT2D eigenvalue weighted by molar-refractivity contribution is 0.310. The second-order valence-corrected chi connectivity index (χ2v) is 6.57. The van der Waals surface area contributed by atoms with Crippen molar-refractivity contribution in [3.05, 3.63) is 24.3 Å². The van der Waals surface area contributed by atoms with Crippen molar-refractivity contribution in [3.63, 3.8) is 0 Å². The van der Waals surface area contributed by atoms with Crippen LogP contribution in [0.5, 0.6) is 5.75 Å². The lowest BCUT2D eigenvalue weighted by Gasteiger charge is -2.29. The summed E-state index contributed by atoms with van der Waals surface area (Å²) in [7, 11) is 1.66. The Morgan fingerprint density at radius 3 is 2.70 bits per heavy atom. The monoisotopic (exact) mass is 272 g/mol. The molecule has 0 heterocycles. The molecule has 0 spiro atoms. The van der Waals surface area contributed by atoms with Crippen LogP contribution in [-0.4, -0.2) is 12.6 Å². The zero-order valence-corrected chi connectivity index (χ0v) is 12.7. The van der Waals surface area contributed by atoms with Gasteiger partial charge in [-0.1, -0.05) is 19.9 Å². The number of hydrogen-bond acceptors (Lipinski definition) is 3. The third kappa shape index (κ3) is 3.45. The molecule has 1 aliphatic carbocycles. The van der Waals surface area contributed by atoms with E-state index < -0.39 is 5.54 Å². The topological polar surface area (TPSA) is 45.0 Å². The largest absolute Gasteiger partial charge is 0.497 e. The highest BCUT2D eigenvalue weighted by atomic mass is 16.5. The molecule has 1 N–H and O–H groups in total. The molecule has 1 fully saturated rings. The average molecular weight is 272 g/mol. The molecule has 1 unspecified atom stereocenters. The van der Waals surface area contributed by atoms with Crippen molar-refractivity contribution in [2.24, 2.45) is 5.41 Å². The molecule has 0 bridgehead atoms. The van der Waals surface area contributed by atoms with Crippen LogP contribution < -0.4 is 10.1 Å². The maximum atomic E-state index is 9.68. The fourth-order valence-electron chi connectivity index (χ4n) is 2.91. The summed E-state index contributed by atoms with van der Waals surface area (Å²) in [6, 6.07) is 10.3. The maximum absolute atomic E-state index is 9.68. The van der Waals surface area contributed by atoms with Gasteiger partial charge in [-0.25, -0.2) is 0 Å². The molecule has 0 aliphatic heterocycles. The summed E-state index contributed by atoms with van der Waals surface area (Å²) in [4.78, 5) is 0. The second-order valence-electron chi connectivity index (χ2n) is 6.57.